The molecule has 0 fully saturated rings. The second-order valence-electron chi connectivity index (χ2n) is 6.26. The van der Waals surface area contributed by atoms with E-state index in [-0.39, 0.29) is 25.2 Å². The molecule has 148 valence electrons. The Labute approximate surface area is 160 Å². The third-order valence-electron chi connectivity index (χ3n) is 3.92. The summed E-state index contributed by atoms with van der Waals surface area (Å²) in [6, 6.07) is 9.62. The van der Waals surface area contributed by atoms with Crippen molar-refractivity contribution in [1.29, 1.82) is 0 Å². The van der Waals surface area contributed by atoms with Gasteiger partial charge in [-0.2, -0.15) is 0 Å². The number of carbonyl (C=O) groups is 3. The largest absolute Gasteiger partial charge is 0.481 e. The molecule has 27 heavy (non-hydrogen) atoms. The molecule has 0 heterocycles. The smallest absolute Gasteiger partial charge is 0.306 e. The Morgan fingerprint density at radius 3 is 2.48 bits per heavy atom. The lowest BCUT2D eigenvalue weighted by Gasteiger charge is -2.17. The first-order chi connectivity index (χ1) is 13.0. The summed E-state index contributed by atoms with van der Waals surface area (Å²) in [7, 11) is 0. The van der Waals surface area contributed by atoms with E-state index in [2.05, 4.69) is 5.32 Å². The van der Waals surface area contributed by atoms with Gasteiger partial charge in [0, 0.05) is 13.0 Å². The van der Waals surface area contributed by atoms with Crippen molar-refractivity contribution in [3.8, 4) is 0 Å². The number of allylic oxidation sites excluding steroid dienone is 2. The molecule has 0 aliphatic heterocycles. The molecule has 2 N–H and O–H groups in total. The van der Waals surface area contributed by atoms with Gasteiger partial charge in [-0.15, -0.1) is 0 Å². The Morgan fingerprint density at radius 2 is 1.81 bits per heavy atom. The van der Waals surface area contributed by atoms with Crippen molar-refractivity contribution >= 4 is 17.8 Å². The summed E-state index contributed by atoms with van der Waals surface area (Å²) >= 11 is 0. The Morgan fingerprint density at radius 1 is 1.07 bits per heavy atom. The summed E-state index contributed by atoms with van der Waals surface area (Å²) in [4.78, 5) is 34.4. The number of rotatable bonds is 13. The van der Waals surface area contributed by atoms with Crippen LogP contribution in [-0.2, 0) is 25.7 Å². The van der Waals surface area contributed by atoms with Crippen molar-refractivity contribution in [3.05, 3.63) is 48.0 Å². The number of benzene rings is 1. The third-order valence-corrected chi connectivity index (χ3v) is 3.92. The van der Waals surface area contributed by atoms with Gasteiger partial charge in [-0.3, -0.25) is 14.4 Å². The molecule has 0 aromatic heterocycles. The lowest BCUT2D eigenvalue weighted by atomic mass is 10.1. The van der Waals surface area contributed by atoms with Crippen molar-refractivity contribution in [2.75, 3.05) is 0 Å². The molecular weight excluding hydrogens is 346 g/mol. The van der Waals surface area contributed by atoms with Gasteiger partial charge in [0.05, 0.1) is 12.8 Å². The fourth-order valence-electron chi connectivity index (χ4n) is 2.46. The number of hydrogen-bond acceptors (Lipinski definition) is 4. The van der Waals surface area contributed by atoms with E-state index >= 15 is 0 Å². The molecule has 0 bridgehead atoms. The number of amides is 1. The van der Waals surface area contributed by atoms with Gasteiger partial charge in [0.15, 0.2) is 0 Å². The second kappa shape index (κ2) is 13.6. The number of esters is 1. The normalized spacial score (nSPS) is 11.9. The molecule has 0 saturated carbocycles. The Hall–Kier alpha value is -2.63. The highest BCUT2D eigenvalue weighted by Crippen LogP contribution is 2.13. The molecule has 0 aliphatic rings. The molecule has 0 spiro atoms. The Bertz CT molecular complexity index is 612. The average Bonchev–Trinajstić information content (AvgIpc) is 2.66. The van der Waals surface area contributed by atoms with E-state index in [9.17, 15) is 14.4 Å². The van der Waals surface area contributed by atoms with Gasteiger partial charge in [0.25, 0.3) is 0 Å². The highest BCUT2D eigenvalue weighted by molar-refractivity contribution is 5.77. The average molecular weight is 375 g/mol. The van der Waals surface area contributed by atoms with E-state index in [4.69, 9.17) is 9.84 Å². The Kier molecular flexibility index (Phi) is 11.3. The molecule has 1 aromatic rings. The second-order valence-corrected chi connectivity index (χ2v) is 6.26. The summed E-state index contributed by atoms with van der Waals surface area (Å²) in [5, 5.41) is 11.5. The van der Waals surface area contributed by atoms with Crippen LogP contribution in [0.4, 0.5) is 0 Å². The first-order valence-electron chi connectivity index (χ1n) is 9.38. The quantitative estimate of drug-likeness (QED) is 0.406. The topological polar surface area (TPSA) is 92.7 Å². The van der Waals surface area contributed by atoms with Gasteiger partial charge in [0.2, 0.25) is 5.91 Å². The van der Waals surface area contributed by atoms with E-state index in [1.807, 2.05) is 49.4 Å². The van der Waals surface area contributed by atoms with Crippen LogP contribution in [0.3, 0.4) is 0 Å². The zero-order valence-electron chi connectivity index (χ0n) is 15.9. The highest BCUT2D eigenvalue weighted by Gasteiger charge is 2.16. The number of carboxylic acids is 1. The predicted molar refractivity (Wildman–Crippen MR) is 103 cm³/mol. The minimum atomic E-state index is -1.03. The van der Waals surface area contributed by atoms with E-state index in [1.165, 1.54) is 0 Å². The van der Waals surface area contributed by atoms with Crippen LogP contribution in [0.15, 0.2) is 42.5 Å². The summed E-state index contributed by atoms with van der Waals surface area (Å²) in [6.45, 7) is 2.50. The van der Waals surface area contributed by atoms with Gasteiger partial charge in [0.1, 0.15) is 6.10 Å². The molecule has 0 aliphatic carbocycles. The molecule has 0 unspecified atom stereocenters. The molecular formula is C21H29NO5. The maximum atomic E-state index is 12.1. The highest BCUT2D eigenvalue weighted by atomic mass is 16.5. The number of ether oxygens (including phenoxy) is 1. The SMILES string of the molecule is CC/C=C\CC[C@@H](CCC(=O)NCc1ccccc1)OC(=O)CCC(=O)O. The van der Waals surface area contributed by atoms with Crippen LogP contribution < -0.4 is 5.32 Å². The van der Waals surface area contributed by atoms with Crippen LogP contribution in [0.2, 0.25) is 0 Å². The standard InChI is InChI=1S/C21H29NO5/c1-2-3-4-8-11-18(27-21(26)15-14-20(24)25)12-13-19(23)22-16-17-9-6-5-7-10-17/h3-7,9-10,18H,2,8,11-16H2,1H3,(H,22,23)(H,24,25)/b4-3-/t18-/m0/s1. The van der Waals surface area contributed by atoms with E-state index < -0.39 is 18.0 Å². The third kappa shape index (κ3) is 11.6. The van der Waals surface area contributed by atoms with Crippen molar-refractivity contribution in [2.24, 2.45) is 0 Å². The Balaban J connectivity index is 2.43. The van der Waals surface area contributed by atoms with Gasteiger partial charge in [-0.25, -0.2) is 0 Å². The molecule has 1 amide bonds. The first-order valence-corrected chi connectivity index (χ1v) is 9.38. The zero-order valence-corrected chi connectivity index (χ0v) is 15.9. The van der Waals surface area contributed by atoms with Crippen molar-refractivity contribution in [1.82, 2.24) is 5.32 Å². The first kappa shape index (κ1) is 22.4. The van der Waals surface area contributed by atoms with Gasteiger partial charge in [-0.05, 0) is 31.2 Å². The number of hydrogen-bond donors (Lipinski definition) is 2. The van der Waals surface area contributed by atoms with Gasteiger partial charge in [-0.1, -0.05) is 49.4 Å². The van der Waals surface area contributed by atoms with Gasteiger partial charge >= 0.3 is 11.9 Å². The van der Waals surface area contributed by atoms with Crippen LogP contribution in [0.25, 0.3) is 0 Å². The lowest BCUT2D eigenvalue weighted by Crippen LogP contribution is -2.26. The number of nitrogens with one attached hydrogen (secondary N) is 1. The van der Waals surface area contributed by atoms with Crippen LogP contribution >= 0.6 is 0 Å². The summed E-state index contributed by atoms with van der Waals surface area (Å²) < 4.78 is 5.38. The maximum Gasteiger partial charge on any atom is 0.306 e. The van der Waals surface area contributed by atoms with Crippen LogP contribution in [0.5, 0.6) is 0 Å². The van der Waals surface area contributed by atoms with Crippen molar-refractivity contribution < 1.29 is 24.2 Å². The fourth-order valence-corrected chi connectivity index (χ4v) is 2.46. The number of aliphatic carboxylic acids is 1. The minimum Gasteiger partial charge on any atom is -0.481 e. The molecule has 1 atom stereocenters. The molecule has 6 heteroatoms. The summed E-state index contributed by atoms with van der Waals surface area (Å²) in [5.41, 5.74) is 1.02. The molecule has 0 radical (unpaired) electrons. The van der Waals surface area contributed by atoms with Crippen molar-refractivity contribution in [2.45, 2.75) is 64.5 Å². The maximum absolute atomic E-state index is 12.1. The van der Waals surface area contributed by atoms with Gasteiger partial charge < -0.3 is 15.2 Å². The van der Waals surface area contributed by atoms with Crippen LogP contribution in [0.1, 0.15) is 57.4 Å². The minimum absolute atomic E-state index is 0.102. The lowest BCUT2D eigenvalue weighted by molar-refractivity contribution is -0.153. The van der Waals surface area contributed by atoms with Crippen LogP contribution in [0, 0.1) is 0 Å². The summed E-state index contributed by atoms with van der Waals surface area (Å²) in [6.07, 6.45) is 6.22. The van der Waals surface area contributed by atoms with Crippen LogP contribution in [-0.4, -0.2) is 29.1 Å². The van der Waals surface area contributed by atoms with Crippen molar-refractivity contribution in [3.63, 3.8) is 0 Å². The molecule has 6 nitrogen and oxygen atoms in total. The zero-order chi connectivity index (χ0) is 19.9. The fraction of sp³-hybridized carbons (Fsp3) is 0.476. The van der Waals surface area contributed by atoms with E-state index in [0.29, 0.717) is 19.4 Å². The number of carbonyl (C=O) groups excluding carboxylic acids is 2. The predicted octanol–water partition coefficient (Wildman–Crippen LogP) is 3.61. The summed E-state index contributed by atoms with van der Waals surface area (Å²) in [5.74, 6) is -1.67. The van der Waals surface area contributed by atoms with E-state index in [0.717, 1.165) is 18.4 Å². The molecule has 1 rings (SSSR count). The number of carboxylic acid groups (broad SMARTS) is 1. The monoisotopic (exact) mass is 375 g/mol. The molecule has 1 aromatic carbocycles. The molecule has 0 saturated heterocycles. The van der Waals surface area contributed by atoms with E-state index in [1.54, 1.807) is 0 Å².